The highest BCUT2D eigenvalue weighted by Gasteiger charge is 2.19. The molecule has 0 N–H and O–H groups in total. The lowest BCUT2D eigenvalue weighted by atomic mass is 9.82. The van der Waals surface area contributed by atoms with E-state index in [1.807, 2.05) is 55.4 Å². The lowest BCUT2D eigenvalue weighted by Gasteiger charge is -2.21. The summed E-state index contributed by atoms with van der Waals surface area (Å²) in [7, 11) is 0. The van der Waals surface area contributed by atoms with Gasteiger partial charge in [-0.3, -0.25) is 0 Å². The molecule has 0 aliphatic rings. The second-order valence-corrected chi connectivity index (χ2v) is 8.13. The summed E-state index contributed by atoms with van der Waals surface area (Å²) in [6, 6.07) is 14.0. The van der Waals surface area contributed by atoms with E-state index in [-0.39, 0.29) is 0 Å². The van der Waals surface area contributed by atoms with Gasteiger partial charge in [0.2, 0.25) is 0 Å². The van der Waals surface area contributed by atoms with Crippen LogP contribution >= 0.6 is 0 Å². The number of benzene rings is 5. The normalized spacial score (nSPS) is 10.1. The van der Waals surface area contributed by atoms with E-state index in [0.717, 1.165) is 0 Å². The van der Waals surface area contributed by atoms with Crippen molar-refractivity contribution >= 4 is 43.1 Å². The van der Waals surface area contributed by atoms with Crippen molar-refractivity contribution in [1.29, 1.82) is 0 Å². The van der Waals surface area contributed by atoms with Gasteiger partial charge in [-0.2, -0.15) is 0 Å². The molecule has 5 rings (SSSR count). The SMILES string of the molecule is CC.CC.CC.CC.Cc1ccc2c3c(C)cc(C)c4c(C)cc(C)c(c5ccc(C)c1c25)c43. The zero-order valence-corrected chi connectivity index (χ0v) is 24.5. The maximum absolute atomic E-state index is 2.37. The van der Waals surface area contributed by atoms with Gasteiger partial charge in [0.1, 0.15) is 0 Å². The largest absolute Gasteiger partial charge is 0.0683 e. The molecule has 0 atom stereocenters. The molecule has 0 saturated heterocycles. The molecule has 0 bridgehead atoms. The van der Waals surface area contributed by atoms with Gasteiger partial charge in [-0.05, 0) is 118 Å². The molecule has 34 heavy (non-hydrogen) atoms. The van der Waals surface area contributed by atoms with Gasteiger partial charge in [-0.1, -0.05) is 91.8 Å². The summed E-state index contributed by atoms with van der Waals surface area (Å²) in [6.07, 6.45) is 0. The molecule has 0 spiro atoms. The summed E-state index contributed by atoms with van der Waals surface area (Å²) >= 11 is 0. The van der Waals surface area contributed by atoms with Crippen LogP contribution in [0.2, 0.25) is 0 Å². The Hall–Kier alpha value is -2.60. The van der Waals surface area contributed by atoms with E-state index < -0.39 is 0 Å². The van der Waals surface area contributed by atoms with Crippen molar-refractivity contribution in [3.8, 4) is 0 Å². The lowest BCUT2D eigenvalue weighted by Crippen LogP contribution is -1.96. The number of fused-ring (bicyclic) bond motifs is 2. The van der Waals surface area contributed by atoms with Gasteiger partial charge in [0.25, 0.3) is 0 Å². The summed E-state index contributed by atoms with van der Waals surface area (Å²) < 4.78 is 0. The molecule has 0 unspecified atom stereocenters. The maximum atomic E-state index is 2.37. The second kappa shape index (κ2) is 12.7. The lowest BCUT2D eigenvalue weighted by molar-refractivity contribution is 1.41. The molecule has 0 fully saturated rings. The fourth-order valence-electron chi connectivity index (χ4n) is 5.39. The monoisotopic (exact) mass is 456 g/mol. The molecule has 0 heterocycles. The van der Waals surface area contributed by atoms with Crippen LogP contribution in [0.1, 0.15) is 88.8 Å². The van der Waals surface area contributed by atoms with E-state index in [9.17, 15) is 0 Å². The molecule has 0 aromatic heterocycles. The average Bonchev–Trinajstić information content (AvgIpc) is 2.86. The molecule has 0 aliphatic carbocycles. The zero-order valence-electron chi connectivity index (χ0n) is 24.5. The Morgan fingerprint density at radius 3 is 0.941 bits per heavy atom. The van der Waals surface area contributed by atoms with Crippen LogP contribution in [0, 0.1) is 41.5 Å². The molecular weight excluding hydrogens is 408 g/mol. The van der Waals surface area contributed by atoms with Crippen LogP contribution in [-0.2, 0) is 0 Å². The number of hydrogen-bond acceptors (Lipinski definition) is 0. The minimum Gasteiger partial charge on any atom is -0.0683 e. The second-order valence-electron chi connectivity index (χ2n) is 8.13. The first kappa shape index (κ1) is 29.4. The van der Waals surface area contributed by atoms with Crippen molar-refractivity contribution in [1.82, 2.24) is 0 Å². The van der Waals surface area contributed by atoms with E-state index in [1.165, 1.54) is 76.5 Å². The van der Waals surface area contributed by atoms with Crippen LogP contribution in [0.3, 0.4) is 0 Å². The van der Waals surface area contributed by atoms with E-state index in [1.54, 1.807) is 0 Å². The van der Waals surface area contributed by atoms with Crippen LogP contribution in [0.25, 0.3) is 43.1 Å². The summed E-state index contributed by atoms with van der Waals surface area (Å²) in [6.45, 7) is 29.5. The average molecular weight is 457 g/mol. The van der Waals surface area contributed by atoms with E-state index in [0.29, 0.717) is 0 Å². The summed E-state index contributed by atoms with van der Waals surface area (Å²) in [5, 5.41) is 11.5. The Morgan fingerprint density at radius 2 is 0.588 bits per heavy atom. The number of rotatable bonds is 0. The first-order valence-corrected chi connectivity index (χ1v) is 13.5. The van der Waals surface area contributed by atoms with Crippen LogP contribution < -0.4 is 0 Å². The highest BCUT2D eigenvalue weighted by atomic mass is 14.2. The molecule has 184 valence electrons. The molecule has 0 aliphatic heterocycles. The summed E-state index contributed by atoms with van der Waals surface area (Å²) in [5.41, 5.74) is 8.30. The fourth-order valence-corrected chi connectivity index (χ4v) is 5.39. The molecule has 0 nitrogen and oxygen atoms in total. The molecule has 0 radical (unpaired) electrons. The van der Waals surface area contributed by atoms with Crippen LogP contribution in [0.4, 0.5) is 0 Å². The van der Waals surface area contributed by atoms with Crippen molar-refractivity contribution in [2.45, 2.75) is 96.9 Å². The number of aryl methyl sites for hydroxylation is 6. The number of hydrogen-bond donors (Lipinski definition) is 0. The minimum atomic E-state index is 1.37. The smallest absolute Gasteiger partial charge is 0.00157 e. The van der Waals surface area contributed by atoms with Gasteiger partial charge in [0.15, 0.2) is 0 Å². The van der Waals surface area contributed by atoms with Gasteiger partial charge in [-0.25, -0.2) is 0 Å². The van der Waals surface area contributed by atoms with Crippen molar-refractivity contribution in [3.05, 3.63) is 69.8 Å². The molecular formula is C34H48. The van der Waals surface area contributed by atoms with E-state index in [4.69, 9.17) is 0 Å². The van der Waals surface area contributed by atoms with Gasteiger partial charge in [-0.15, -0.1) is 0 Å². The van der Waals surface area contributed by atoms with Gasteiger partial charge in [0, 0.05) is 0 Å². The third-order valence-electron chi connectivity index (χ3n) is 6.31. The standard InChI is InChI=1S/C26H24.4C2H6/c1-13-7-9-19-23-17(5)11-15(3)22-16(4)12-18(6)24(26(22)23)20-10-8-14(2)21(13)25(19)20;4*1-2/h7-12H,1-6H3;4*1-2H3. The fraction of sp³-hybridized carbons (Fsp3) is 0.412. The first-order valence-electron chi connectivity index (χ1n) is 13.5. The van der Waals surface area contributed by atoms with Crippen LogP contribution in [0.15, 0.2) is 36.4 Å². The summed E-state index contributed by atoms with van der Waals surface area (Å²) in [5.74, 6) is 0. The summed E-state index contributed by atoms with van der Waals surface area (Å²) in [4.78, 5) is 0. The van der Waals surface area contributed by atoms with Crippen molar-refractivity contribution in [2.24, 2.45) is 0 Å². The highest BCUT2D eigenvalue weighted by molar-refractivity contribution is 6.35. The topological polar surface area (TPSA) is 0 Å². The quantitative estimate of drug-likeness (QED) is 0.160. The predicted octanol–water partition coefficient (Wildman–Crippen LogP) is 11.7. The Kier molecular flexibility index (Phi) is 11.0. The predicted molar refractivity (Wildman–Crippen MR) is 161 cm³/mol. The van der Waals surface area contributed by atoms with Crippen molar-refractivity contribution in [3.63, 3.8) is 0 Å². The van der Waals surface area contributed by atoms with Gasteiger partial charge < -0.3 is 0 Å². The molecule has 0 amide bonds. The van der Waals surface area contributed by atoms with Crippen LogP contribution in [0.5, 0.6) is 0 Å². The zero-order chi connectivity index (χ0) is 26.3. The molecule has 0 heteroatoms. The maximum Gasteiger partial charge on any atom is -0.00157 e. The van der Waals surface area contributed by atoms with E-state index >= 15 is 0 Å². The Bertz CT molecular complexity index is 1270. The van der Waals surface area contributed by atoms with E-state index in [2.05, 4.69) is 77.9 Å². The third-order valence-corrected chi connectivity index (χ3v) is 6.31. The minimum absolute atomic E-state index is 1.37. The van der Waals surface area contributed by atoms with Gasteiger partial charge in [0.05, 0.1) is 0 Å². The van der Waals surface area contributed by atoms with Crippen molar-refractivity contribution < 1.29 is 0 Å². The highest BCUT2D eigenvalue weighted by Crippen LogP contribution is 2.45. The Balaban J connectivity index is 0.000000659. The molecule has 5 aromatic rings. The molecule has 5 aromatic carbocycles. The third kappa shape index (κ3) is 4.65. The van der Waals surface area contributed by atoms with Crippen LogP contribution in [-0.4, -0.2) is 0 Å². The van der Waals surface area contributed by atoms with Gasteiger partial charge >= 0.3 is 0 Å². The first-order chi connectivity index (χ1) is 16.4. The Labute approximate surface area is 209 Å². The molecule has 0 saturated carbocycles. The van der Waals surface area contributed by atoms with Crippen molar-refractivity contribution in [2.75, 3.05) is 0 Å². The Morgan fingerprint density at radius 1 is 0.294 bits per heavy atom.